The van der Waals surface area contributed by atoms with Crippen molar-refractivity contribution in [2.75, 3.05) is 13.1 Å². The van der Waals surface area contributed by atoms with Crippen LogP contribution in [0.1, 0.15) is 54.9 Å². The van der Waals surface area contributed by atoms with Crippen LogP contribution in [0.15, 0.2) is 5.51 Å². The Morgan fingerprint density at radius 1 is 1.29 bits per heavy atom. The van der Waals surface area contributed by atoms with Crippen LogP contribution in [0.3, 0.4) is 0 Å². The molecule has 0 aliphatic carbocycles. The summed E-state index contributed by atoms with van der Waals surface area (Å²) >= 11 is 1.45. The van der Waals surface area contributed by atoms with Gasteiger partial charge in [0.15, 0.2) is 0 Å². The SMILES string of the molecule is CCCCN(CCCC)C(=O)c1scnc1C. The van der Waals surface area contributed by atoms with Crippen LogP contribution in [0.5, 0.6) is 0 Å². The molecule has 0 atom stereocenters. The van der Waals surface area contributed by atoms with Crippen molar-refractivity contribution in [1.29, 1.82) is 0 Å². The Morgan fingerprint density at radius 2 is 1.88 bits per heavy atom. The van der Waals surface area contributed by atoms with Gasteiger partial charge in [0, 0.05) is 13.1 Å². The van der Waals surface area contributed by atoms with Crippen molar-refractivity contribution in [3.63, 3.8) is 0 Å². The maximum Gasteiger partial charge on any atom is 0.265 e. The number of hydrogen-bond donors (Lipinski definition) is 0. The minimum Gasteiger partial charge on any atom is -0.338 e. The zero-order valence-electron chi connectivity index (χ0n) is 11.0. The normalized spacial score (nSPS) is 10.5. The summed E-state index contributed by atoms with van der Waals surface area (Å²) in [5.41, 5.74) is 2.61. The first-order chi connectivity index (χ1) is 8.20. The molecule has 1 aromatic rings. The van der Waals surface area contributed by atoms with Gasteiger partial charge >= 0.3 is 0 Å². The van der Waals surface area contributed by atoms with Gasteiger partial charge in [-0.05, 0) is 19.8 Å². The lowest BCUT2D eigenvalue weighted by atomic mass is 10.2. The van der Waals surface area contributed by atoms with Gasteiger partial charge in [-0.3, -0.25) is 4.79 Å². The highest BCUT2D eigenvalue weighted by atomic mass is 32.1. The van der Waals surface area contributed by atoms with Crippen LogP contribution in [0.4, 0.5) is 0 Å². The minimum absolute atomic E-state index is 0.159. The van der Waals surface area contributed by atoms with Crippen molar-refractivity contribution in [3.8, 4) is 0 Å². The molecule has 0 spiro atoms. The van der Waals surface area contributed by atoms with E-state index in [4.69, 9.17) is 0 Å². The zero-order chi connectivity index (χ0) is 12.7. The molecule has 0 saturated heterocycles. The fourth-order valence-corrected chi connectivity index (χ4v) is 2.43. The van der Waals surface area contributed by atoms with E-state index in [1.165, 1.54) is 11.3 Å². The number of amides is 1. The predicted octanol–water partition coefficient (Wildman–Crippen LogP) is 3.49. The molecule has 1 heterocycles. The molecule has 0 fully saturated rings. The van der Waals surface area contributed by atoms with Gasteiger partial charge in [-0.25, -0.2) is 4.98 Å². The second-order valence-corrected chi connectivity index (χ2v) is 5.12. The number of aryl methyl sites for hydroxylation is 1. The monoisotopic (exact) mass is 254 g/mol. The summed E-state index contributed by atoms with van der Waals surface area (Å²) in [7, 11) is 0. The molecular weight excluding hydrogens is 232 g/mol. The lowest BCUT2D eigenvalue weighted by Gasteiger charge is -2.21. The van der Waals surface area contributed by atoms with E-state index in [-0.39, 0.29) is 5.91 Å². The third kappa shape index (κ3) is 4.11. The first-order valence-corrected chi connectivity index (χ1v) is 7.28. The Hall–Kier alpha value is -0.900. The standard InChI is InChI=1S/C13H22N2OS/c1-4-6-8-15(9-7-5-2)13(16)12-11(3)14-10-17-12/h10H,4-9H2,1-3H3. The number of aromatic nitrogens is 1. The maximum atomic E-state index is 12.3. The molecule has 1 aromatic heterocycles. The second kappa shape index (κ2) is 7.43. The molecular formula is C13H22N2OS. The van der Waals surface area contributed by atoms with E-state index in [1.54, 1.807) is 5.51 Å². The number of carbonyl (C=O) groups excluding carboxylic acids is 1. The van der Waals surface area contributed by atoms with Gasteiger partial charge in [0.05, 0.1) is 11.2 Å². The fraction of sp³-hybridized carbons (Fsp3) is 0.692. The number of rotatable bonds is 7. The molecule has 0 aliphatic heterocycles. The van der Waals surface area contributed by atoms with Crippen molar-refractivity contribution in [2.45, 2.75) is 46.5 Å². The van der Waals surface area contributed by atoms with Crippen molar-refractivity contribution in [2.24, 2.45) is 0 Å². The number of unbranched alkanes of at least 4 members (excludes halogenated alkanes) is 2. The summed E-state index contributed by atoms with van der Waals surface area (Å²) in [4.78, 5) is 19.3. The average molecular weight is 254 g/mol. The van der Waals surface area contributed by atoms with Crippen molar-refractivity contribution in [3.05, 3.63) is 16.1 Å². The summed E-state index contributed by atoms with van der Waals surface area (Å²) in [6.45, 7) is 7.95. The lowest BCUT2D eigenvalue weighted by molar-refractivity contribution is 0.0755. The van der Waals surface area contributed by atoms with Crippen molar-refractivity contribution < 1.29 is 4.79 Å². The van der Waals surface area contributed by atoms with E-state index < -0.39 is 0 Å². The summed E-state index contributed by atoms with van der Waals surface area (Å²) in [6.07, 6.45) is 4.40. The summed E-state index contributed by atoms with van der Waals surface area (Å²) in [5.74, 6) is 0.159. The van der Waals surface area contributed by atoms with E-state index in [9.17, 15) is 4.79 Å². The summed E-state index contributed by atoms with van der Waals surface area (Å²) in [6, 6.07) is 0. The average Bonchev–Trinajstić information content (AvgIpc) is 2.75. The Bertz CT molecular complexity index is 341. The molecule has 1 amide bonds. The highest BCUT2D eigenvalue weighted by Gasteiger charge is 2.18. The van der Waals surface area contributed by atoms with Crippen molar-refractivity contribution >= 4 is 17.2 Å². The Labute approximate surface area is 108 Å². The van der Waals surface area contributed by atoms with Crippen LogP contribution in [-0.4, -0.2) is 28.9 Å². The summed E-state index contributed by atoms with van der Waals surface area (Å²) in [5, 5.41) is 0. The molecule has 0 aromatic carbocycles. The summed E-state index contributed by atoms with van der Waals surface area (Å²) < 4.78 is 0. The Balaban J connectivity index is 2.68. The largest absolute Gasteiger partial charge is 0.338 e. The molecule has 4 heteroatoms. The van der Waals surface area contributed by atoms with Crippen LogP contribution in [-0.2, 0) is 0 Å². The van der Waals surface area contributed by atoms with Crippen LogP contribution in [0, 0.1) is 6.92 Å². The molecule has 0 radical (unpaired) electrons. The number of thiazole rings is 1. The molecule has 96 valence electrons. The minimum atomic E-state index is 0.159. The van der Waals surface area contributed by atoms with Crippen molar-refractivity contribution in [1.82, 2.24) is 9.88 Å². The molecule has 0 bridgehead atoms. The zero-order valence-corrected chi connectivity index (χ0v) is 11.8. The molecule has 1 rings (SSSR count). The van der Waals surface area contributed by atoms with Gasteiger partial charge in [-0.15, -0.1) is 11.3 Å². The van der Waals surface area contributed by atoms with E-state index in [1.807, 2.05) is 11.8 Å². The predicted molar refractivity (Wildman–Crippen MR) is 72.6 cm³/mol. The Morgan fingerprint density at radius 3 is 2.29 bits per heavy atom. The first kappa shape index (κ1) is 14.2. The number of nitrogens with zero attached hydrogens (tertiary/aromatic N) is 2. The maximum absolute atomic E-state index is 12.3. The van der Waals surface area contributed by atoms with Crippen LogP contribution >= 0.6 is 11.3 Å². The van der Waals surface area contributed by atoms with E-state index >= 15 is 0 Å². The highest BCUT2D eigenvalue weighted by molar-refractivity contribution is 7.11. The van der Waals surface area contributed by atoms with E-state index in [0.717, 1.165) is 49.3 Å². The van der Waals surface area contributed by atoms with E-state index in [2.05, 4.69) is 18.8 Å². The van der Waals surface area contributed by atoms with Gasteiger partial charge in [-0.2, -0.15) is 0 Å². The lowest BCUT2D eigenvalue weighted by Crippen LogP contribution is -2.32. The van der Waals surface area contributed by atoms with Gasteiger partial charge < -0.3 is 4.90 Å². The quantitative estimate of drug-likeness (QED) is 0.746. The molecule has 0 saturated carbocycles. The van der Waals surface area contributed by atoms with Gasteiger partial charge in [0.2, 0.25) is 0 Å². The van der Waals surface area contributed by atoms with Crippen LogP contribution < -0.4 is 0 Å². The second-order valence-electron chi connectivity index (χ2n) is 4.27. The van der Waals surface area contributed by atoms with Crippen LogP contribution in [0.2, 0.25) is 0 Å². The molecule has 0 N–H and O–H groups in total. The van der Waals surface area contributed by atoms with Crippen LogP contribution in [0.25, 0.3) is 0 Å². The number of carbonyl (C=O) groups is 1. The van der Waals surface area contributed by atoms with Gasteiger partial charge in [0.1, 0.15) is 4.88 Å². The first-order valence-electron chi connectivity index (χ1n) is 6.40. The molecule has 0 aliphatic rings. The fourth-order valence-electron chi connectivity index (χ4n) is 1.66. The van der Waals surface area contributed by atoms with E-state index in [0.29, 0.717) is 0 Å². The van der Waals surface area contributed by atoms with Gasteiger partial charge in [-0.1, -0.05) is 26.7 Å². The van der Waals surface area contributed by atoms with Gasteiger partial charge in [0.25, 0.3) is 5.91 Å². The third-order valence-electron chi connectivity index (χ3n) is 2.79. The molecule has 17 heavy (non-hydrogen) atoms. The molecule has 3 nitrogen and oxygen atoms in total. The highest BCUT2D eigenvalue weighted by Crippen LogP contribution is 2.16. The smallest absolute Gasteiger partial charge is 0.265 e. The topological polar surface area (TPSA) is 33.2 Å². The third-order valence-corrected chi connectivity index (χ3v) is 3.71. The Kier molecular flexibility index (Phi) is 6.19. The molecule has 0 unspecified atom stereocenters. The number of hydrogen-bond acceptors (Lipinski definition) is 3.